The van der Waals surface area contributed by atoms with E-state index in [9.17, 15) is 19.5 Å². The van der Waals surface area contributed by atoms with Crippen molar-refractivity contribution >= 4 is 52.4 Å². The van der Waals surface area contributed by atoms with Crippen molar-refractivity contribution in [1.29, 1.82) is 0 Å². The highest BCUT2D eigenvalue weighted by Gasteiger charge is 2.30. The Morgan fingerprint density at radius 1 is 0.759 bits per heavy atom. The monoisotopic (exact) mass is 774 g/mol. The van der Waals surface area contributed by atoms with E-state index in [1.807, 2.05) is 35.4 Å². The van der Waals surface area contributed by atoms with Crippen LogP contribution in [0, 0.1) is 11.8 Å². The molecule has 4 aromatic rings. The van der Waals surface area contributed by atoms with Crippen LogP contribution in [0.15, 0.2) is 36.4 Å². The highest BCUT2D eigenvalue weighted by molar-refractivity contribution is 6.40. The van der Waals surface area contributed by atoms with E-state index < -0.39 is 5.97 Å². The first-order valence-electron chi connectivity index (χ1n) is 19.0. The van der Waals surface area contributed by atoms with Crippen molar-refractivity contribution in [1.82, 2.24) is 28.9 Å². The number of carboxylic acids is 1. The minimum atomic E-state index is -0.669. The Morgan fingerprint density at radius 2 is 1.24 bits per heavy atom. The number of fused-ring (bicyclic) bond motifs is 2. The molecule has 12 nitrogen and oxygen atoms in total. The van der Waals surface area contributed by atoms with E-state index in [4.69, 9.17) is 33.2 Å². The number of aliphatic carboxylic acids is 1. The molecule has 4 heterocycles. The summed E-state index contributed by atoms with van der Waals surface area (Å²) in [6.07, 6.45) is 7.20. The van der Waals surface area contributed by atoms with Gasteiger partial charge in [0.05, 0.1) is 38.7 Å². The van der Waals surface area contributed by atoms with Gasteiger partial charge in [-0.15, -0.1) is 0 Å². The molecule has 2 amide bonds. The van der Waals surface area contributed by atoms with Crippen molar-refractivity contribution in [2.24, 2.45) is 25.9 Å². The second kappa shape index (κ2) is 16.2. The van der Waals surface area contributed by atoms with E-state index in [0.29, 0.717) is 56.7 Å². The van der Waals surface area contributed by atoms with Gasteiger partial charge in [-0.1, -0.05) is 54.4 Å². The van der Waals surface area contributed by atoms with Crippen LogP contribution in [-0.4, -0.2) is 78.0 Å². The van der Waals surface area contributed by atoms with Gasteiger partial charge in [0.2, 0.25) is 0 Å². The molecule has 2 aliphatic heterocycles. The standard InChI is InChI=1S/C40H48Cl2N8O4/c1-4-18-49-20-16-32-30(22-49)43-36(47(32)2)38(51)45-28-9-5-7-26(34(28)41)27-8-6-10-29(35(27)42)46-39(52)37-44-31-23-50(21-17-33(31)48(37)3)19-15-24-11-13-25(14-12-24)40(53)54/h5-10,24-25H,4,11-23H2,1-3H3,(H,45,51)(H,46,52)(H,53,54)/t24-,25-. The zero-order chi connectivity index (χ0) is 38.1. The summed E-state index contributed by atoms with van der Waals surface area (Å²) in [6, 6.07) is 10.7. The van der Waals surface area contributed by atoms with Gasteiger partial charge in [-0.05, 0) is 69.7 Å². The van der Waals surface area contributed by atoms with Crippen LogP contribution in [0.25, 0.3) is 11.1 Å². The molecule has 286 valence electrons. The Kier molecular flexibility index (Phi) is 11.4. The van der Waals surface area contributed by atoms with Crippen LogP contribution in [0.5, 0.6) is 0 Å². The van der Waals surface area contributed by atoms with Crippen molar-refractivity contribution in [2.45, 2.75) is 71.4 Å². The zero-order valence-electron chi connectivity index (χ0n) is 31.1. The maximum atomic E-state index is 13.7. The number of carbonyl (C=O) groups excluding carboxylic acids is 2. The number of carboxylic acid groups (broad SMARTS) is 1. The molecule has 1 aliphatic carbocycles. The number of halogens is 2. The fourth-order valence-electron chi connectivity index (χ4n) is 8.36. The number of imidazole rings is 2. The lowest BCUT2D eigenvalue weighted by molar-refractivity contribution is -0.143. The van der Waals surface area contributed by atoms with Crippen LogP contribution >= 0.6 is 23.2 Å². The predicted molar refractivity (Wildman–Crippen MR) is 210 cm³/mol. The van der Waals surface area contributed by atoms with Gasteiger partial charge in [-0.3, -0.25) is 24.2 Å². The van der Waals surface area contributed by atoms with E-state index in [-0.39, 0.29) is 17.7 Å². The number of nitrogens with one attached hydrogen (secondary N) is 2. The largest absolute Gasteiger partial charge is 0.481 e. The minimum Gasteiger partial charge on any atom is -0.481 e. The first kappa shape index (κ1) is 38.1. The highest BCUT2D eigenvalue weighted by atomic mass is 35.5. The van der Waals surface area contributed by atoms with Crippen molar-refractivity contribution in [3.05, 3.63) is 80.9 Å². The molecule has 3 aliphatic rings. The van der Waals surface area contributed by atoms with Crippen molar-refractivity contribution in [3.63, 3.8) is 0 Å². The van der Waals surface area contributed by atoms with E-state index in [0.717, 1.165) is 107 Å². The van der Waals surface area contributed by atoms with Crippen LogP contribution in [0.4, 0.5) is 11.4 Å². The number of benzene rings is 2. The number of rotatable bonds is 11. The molecule has 7 rings (SSSR count). The molecule has 2 aromatic carbocycles. The lowest BCUT2D eigenvalue weighted by Crippen LogP contribution is -2.33. The highest BCUT2D eigenvalue weighted by Crippen LogP contribution is 2.40. The van der Waals surface area contributed by atoms with Gasteiger partial charge in [-0.25, -0.2) is 9.97 Å². The molecule has 14 heteroatoms. The molecule has 0 spiro atoms. The van der Waals surface area contributed by atoms with Crippen molar-refractivity contribution < 1.29 is 19.5 Å². The number of amides is 2. The van der Waals surface area contributed by atoms with Crippen molar-refractivity contribution in [3.8, 4) is 11.1 Å². The summed E-state index contributed by atoms with van der Waals surface area (Å²) >= 11 is 13.9. The quantitative estimate of drug-likeness (QED) is 0.148. The Balaban J connectivity index is 1.01. The molecule has 0 atom stereocenters. The summed E-state index contributed by atoms with van der Waals surface area (Å²) in [7, 11) is 3.75. The second-order valence-corrected chi connectivity index (χ2v) is 15.7. The number of nitrogens with zero attached hydrogens (tertiary/aromatic N) is 6. The lowest BCUT2D eigenvalue weighted by atomic mass is 9.80. The molecule has 0 saturated heterocycles. The van der Waals surface area contributed by atoms with Gasteiger partial charge in [0.25, 0.3) is 11.8 Å². The summed E-state index contributed by atoms with van der Waals surface area (Å²) < 4.78 is 3.75. The van der Waals surface area contributed by atoms with Gasteiger partial charge >= 0.3 is 5.97 Å². The normalized spacial score (nSPS) is 18.9. The number of carbonyl (C=O) groups is 3. The summed E-state index contributed by atoms with van der Waals surface area (Å²) in [5, 5.41) is 15.9. The summed E-state index contributed by atoms with van der Waals surface area (Å²) in [5.41, 5.74) is 6.02. The van der Waals surface area contributed by atoms with Gasteiger partial charge in [-0.2, -0.15) is 0 Å². The molecular weight excluding hydrogens is 727 g/mol. The zero-order valence-corrected chi connectivity index (χ0v) is 32.6. The predicted octanol–water partition coefficient (Wildman–Crippen LogP) is 7.04. The van der Waals surface area contributed by atoms with Gasteiger partial charge in [0, 0.05) is 75.6 Å². The van der Waals surface area contributed by atoms with E-state index in [1.54, 1.807) is 24.3 Å². The average molecular weight is 776 g/mol. The lowest BCUT2D eigenvalue weighted by Gasteiger charge is -2.30. The molecule has 54 heavy (non-hydrogen) atoms. The van der Waals surface area contributed by atoms with Gasteiger partial charge < -0.3 is 24.9 Å². The summed E-state index contributed by atoms with van der Waals surface area (Å²) in [5.74, 6) is -0.375. The molecule has 0 unspecified atom stereocenters. The molecule has 3 N–H and O–H groups in total. The number of hydrogen-bond acceptors (Lipinski definition) is 7. The van der Waals surface area contributed by atoms with Gasteiger partial charge in [0.1, 0.15) is 0 Å². The summed E-state index contributed by atoms with van der Waals surface area (Å²) in [4.78, 5) is 52.7. The minimum absolute atomic E-state index is 0.196. The molecule has 2 aromatic heterocycles. The first-order chi connectivity index (χ1) is 26.0. The van der Waals surface area contributed by atoms with E-state index >= 15 is 0 Å². The topological polar surface area (TPSA) is 138 Å². The molecule has 1 saturated carbocycles. The number of anilines is 2. The number of hydrogen-bond donors (Lipinski definition) is 3. The third-order valence-corrected chi connectivity index (χ3v) is 12.3. The fraction of sp³-hybridized carbons (Fsp3) is 0.475. The second-order valence-electron chi connectivity index (χ2n) is 14.9. The van der Waals surface area contributed by atoms with E-state index in [1.165, 1.54) is 0 Å². The fourth-order valence-corrected chi connectivity index (χ4v) is 8.91. The van der Waals surface area contributed by atoms with Gasteiger partial charge in [0.15, 0.2) is 11.6 Å². The molecule has 1 fully saturated rings. The third kappa shape index (κ3) is 7.80. The third-order valence-electron chi connectivity index (χ3n) is 11.4. The average Bonchev–Trinajstić information content (AvgIpc) is 3.68. The molecule has 0 bridgehead atoms. The van der Waals surface area contributed by atoms with Crippen LogP contribution < -0.4 is 10.6 Å². The summed E-state index contributed by atoms with van der Waals surface area (Å²) in [6.45, 7) is 7.32. The first-order valence-corrected chi connectivity index (χ1v) is 19.7. The van der Waals surface area contributed by atoms with E-state index in [2.05, 4.69) is 27.4 Å². The van der Waals surface area contributed by atoms with Crippen LogP contribution in [0.1, 0.15) is 89.5 Å². The van der Waals surface area contributed by atoms with Crippen LogP contribution in [0.3, 0.4) is 0 Å². The van der Waals surface area contributed by atoms with Crippen LogP contribution in [-0.2, 0) is 44.8 Å². The maximum Gasteiger partial charge on any atom is 0.306 e. The SMILES string of the molecule is CCCN1CCc2c(nc(C(=O)Nc3cccc(-c4cccc(NC(=O)c5nc6c(n5C)CCN(CC[C@H]5CC[C@H](C(=O)O)CC5)C6)c4Cl)c3Cl)n2C)C1. The maximum absolute atomic E-state index is 13.7. The Morgan fingerprint density at radius 3 is 1.70 bits per heavy atom. The van der Waals surface area contributed by atoms with Crippen LogP contribution in [0.2, 0.25) is 10.0 Å². The van der Waals surface area contributed by atoms with Crippen molar-refractivity contribution in [2.75, 3.05) is 36.8 Å². The Hall–Kier alpha value is -4.23. The smallest absolute Gasteiger partial charge is 0.306 e. The molecule has 0 radical (unpaired) electrons. The Labute approximate surface area is 325 Å². The Bertz CT molecular complexity index is 2070. The number of aromatic nitrogens is 4. The molecular formula is C40H48Cl2N8O4.